The van der Waals surface area contributed by atoms with Crippen LogP contribution in [0.15, 0.2) is 36.4 Å². The molecule has 1 aliphatic heterocycles. The zero-order chi connectivity index (χ0) is 25.0. The average Bonchev–Trinajstić information content (AvgIpc) is 3.35. The summed E-state index contributed by atoms with van der Waals surface area (Å²) in [7, 11) is 1.35. The van der Waals surface area contributed by atoms with E-state index in [2.05, 4.69) is 20.4 Å². The number of carbonyl (C=O) groups excluding carboxylic acids is 1. The molecule has 0 spiro atoms. The van der Waals surface area contributed by atoms with Crippen molar-refractivity contribution in [2.75, 3.05) is 25.1 Å². The van der Waals surface area contributed by atoms with Crippen LogP contribution in [0.3, 0.4) is 0 Å². The standard InChI is InChI=1S/C23H24F3N5O3S/c1-14(13-20(32)33-2)21-29-30-22(35-21)17-7-8-19(28-27-17)31-11-9-15(10-12-31)34-18-6-4-3-5-16(18)23(24,25)26/h3-8,14-15H,9-13H2,1-2H3. The Bertz CT molecular complexity index is 1150. The van der Waals surface area contributed by atoms with Gasteiger partial charge in [0.1, 0.15) is 22.6 Å². The number of alkyl halides is 3. The predicted octanol–water partition coefficient (Wildman–Crippen LogP) is 4.73. The van der Waals surface area contributed by atoms with Crippen molar-refractivity contribution >= 4 is 23.1 Å². The molecule has 186 valence electrons. The Morgan fingerprint density at radius 3 is 2.51 bits per heavy atom. The number of anilines is 1. The molecule has 4 rings (SSSR count). The van der Waals surface area contributed by atoms with E-state index in [0.29, 0.717) is 47.5 Å². The second kappa shape index (κ2) is 10.5. The molecule has 1 fully saturated rings. The lowest BCUT2D eigenvalue weighted by Gasteiger charge is -2.33. The van der Waals surface area contributed by atoms with Gasteiger partial charge < -0.3 is 14.4 Å². The first-order chi connectivity index (χ1) is 16.7. The molecule has 0 radical (unpaired) electrons. The molecule has 0 saturated carbocycles. The Hall–Kier alpha value is -3.28. The summed E-state index contributed by atoms with van der Waals surface area (Å²) < 4.78 is 50.1. The lowest BCUT2D eigenvalue weighted by atomic mass is 10.1. The van der Waals surface area contributed by atoms with Gasteiger partial charge in [0.15, 0.2) is 10.8 Å². The van der Waals surface area contributed by atoms with Crippen LogP contribution in [0.1, 0.15) is 42.7 Å². The summed E-state index contributed by atoms with van der Waals surface area (Å²) in [5.41, 5.74) is -0.187. The van der Waals surface area contributed by atoms with E-state index in [1.165, 1.54) is 36.6 Å². The highest BCUT2D eigenvalue weighted by Crippen LogP contribution is 2.37. The molecule has 2 aromatic heterocycles. The number of methoxy groups -OCH3 is 1. The van der Waals surface area contributed by atoms with Gasteiger partial charge in [-0.3, -0.25) is 4.79 Å². The van der Waals surface area contributed by atoms with E-state index in [1.54, 1.807) is 6.07 Å². The Kier molecular flexibility index (Phi) is 7.48. The van der Waals surface area contributed by atoms with Gasteiger partial charge in [-0.25, -0.2) is 0 Å². The molecule has 1 atom stereocenters. The van der Waals surface area contributed by atoms with Gasteiger partial charge in [0.05, 0.1) is 19.1 Å². The van der Waals surface area contributed by atoms with Crippen LogP contribution in [0.2, 0.25) is 0 Å². The first kappa shape index (κ1) is 24.8. The number of rotatable bonds is 7. The molecule has 0 N–H and O–H groups in total. The van der Waals surface area contributed by atoms with Gasteiger partial charge >= 0.3 is 12.1 Å². The number of benzene rings is 1. The number of carbonyl (C=O) groups is 1. The van der Waals surface area contributed by atoms with Crippen LogP contribution in [0.25, 0.3) is 10.7 Å². The largest absolute Gasteiger partial charge is 0.490 e. The van der Waals surface area contributed by atoms with Crippen LogP contribution in [0, 0.1) is 0 Å². The van der Waals surface area contributed by atoms with E-state index >= 15 is 0 Å². The third kappa shape index (κ3) is 6.05. The van der Waals surface area contributed by atoms with Crippen molar-refractivity contribution < 1.29 is 27.4 Å². The molecule has 3 aromatic rings. The van der Waals surface area contributed by atoms with Crippen molar-refractivity contribution in [3.05, 3.63) is 47.0 Å². The lowest BCUT2D eigenvalue weighted by molar-refractivity contribution is -0.141. The second-order valence-corrected chi connectivity index (χ2v) is 9.21. The fraction of sp³-hybridized carbons (Fsp3) is 0.435. The summed E-state index contributed by atoms with van der Waals surface area (Å²) in [6, 6.07) is 8.92. The Morgan fingerprint density at radius 2 is 1.86 bits per heavy atom. The predicted molar refractivity (Wildman–Crippen MR) is 123 cm³/mol. The van der Waals surface area contributed by atoms with Crippen molar-refractivity contribution in [2.45, 2.75) is 44.4 Å². The topological polar surface area (TPSA) is 90.3 Å². The SMILES string of the molecule is COC(=O)CC(C)c1nnc(-c2ccc(N3CCC(Oc4ccccc4C(F)(F)F)CC3)nn2)s1. The highest BCUT2D eigenvalue weighted by atomic mass is 32.1. The number of ether oxygens (including phenoxy) is 2. The molecule has 1 saturated heterocycles. The molecule has 1 aromatic carbocycles. The molecule has 3 heterocycles. The summed E-state index contributed by atoms with van der Waals surface area (Å²) in [6.45, 7) is 3.05. The molecular weight excluding hydrogens is 483 g/mol. The molecule has 8 nitrogen and oxygen atoms in total. The minimum Gasteiger partial charge on any atom is -0.490 e. The minimum absolute atomic E-state index is 0.118. The maximum Gasteiger partial charge on any atom is 0.419 e. The Labute approximate surface area is 204 Å². The number of esters is 1. The lowest BCUT2D eigenvalue weighted by Crippen LogP contribution is -2.39. The van der Waals surface area contributed by atoms with Gasteiger partial charge in [-0.05, 0) is 24.3 Å². The van der Waals surface area contributed by atoms with E-state index < -0.39 is 11.7 Å². The van der Waals surface area contributed by atoms with Crippen molar-refractivity contribution in [3.63, 3.8) is 0 Å². The summed E-state index contributed by atoms with van der Waals surface area (Å²) in [6.07, 6.45) is -3.42. The normalized spacial score (nSPS) is 15.6. The number of piperidine rings is 1. The zero-order valence-corrected chi connectivity index (χ0v) is 20.0. The smallest absolute Gasteiger partial charge is 0.419 e. The van der Waals surface area contributed by atoms with Crippen LogP contribution in [0.5, 0.6) is 5.75 Å². The van der Waals surface area contributed by atoms with E-state index in [-0.39, 0.29) is 30.2 Å². The van der Waals surface area contributed by atoms with E-state index in [1.807, 2.05) is 17.9 Å². The highest BCUT2D eigenvalue weighted by Gasteiger charge is 2.35. The molecule has 12 heteroatoms. The third-order valence-electron chi connectivity index (χ3n) is 5.68. The Balaban J connectivity index is 1.34. The van der Waals surface area contributed by atoms with E-state index in [0.717, 1.165) is 6.07 Å². The fourth-order valence-electron chi connectivity index (χ4n) is 3.75. The number of nitrogens with zero attached hydrogens (tertiary/aromatic N) is 5. The highest BCUT2D eigenvalue weighted by molar-refractivity contribution is 7.14. The van der Waals surface area contributed by atoms with Gasteiger partial charge in [0.2, 0.25) is 0 Å². The number of hydrogen-bond donors (Lipinski definition) is 0. The summed E-state index contributed by atoms with van der Waals surface area (Å²) >= 11 is 1.35. The summed E-state index contributed by atoms with van der Waals surface area (Å²) in [5.74, 6) is 0.108. The van der Waals surface area contributed by atoms with Gasteiger partial charge in [-0.1, -0.05) is 30.4 Å². The first-order valence-corrected chi connectivity index (χ1v) is 11.9. The second-order valence-electron chi connectivity index (χ2n) is 8.20. The summed E-state index contributed by atoms with van der Waals surface area (Å²) in [4.78, 5) is 13.5. The fourth-order valence-corrected chi connectivity index (χ4v) is 4.61. The van der Waals surface area contributed by atoms with Gasteiger partial charge in [0.25, 0.3) is 0 Å². The van der Waals surface area contributed by atoms with Crippen molar-refractivity contribution in [3.8, 4) is 16.5 Å². The van der Waals surface area contributed by atoms with Crippen LogP contribution < -0.4 is 9.64 Å². The number of hydrogen-bond acceptors (Lipinski definition) is 9. The monoisotopic (exact) mass is 507 g/mol. The molecular formula is C23H24F3N5O3S. The molecule has 35 heavy (non-hydrogen) atoms. The Morgan fingerprint density at radius 1 is 1.11 bits per heavy atom. The van der Waals surface area contributed by atoms with E-state index in [9.17, 15) is 18.0 Å². The maximum atomic E-state index is 13.2. The van der Waals surface area contributed by atoms with Crippen molar-refractivity contribution in [2.24, 2.45) is 0 Å². The minimum atomic E-state index is -4.46. The number of halogens is 3. The molecule has 0 bridgehead atoms. The summed E-state index contributed by atoms with van der Waals surface area (Å²) in [5, 5.41) is 18.2. The van der Waals surface area contributed by atoms with Crippen LogP contribution in [-0.2, 0) is 15.7 Å². The van der Waals surface area contributed by atoms with Gasteiger partial charge in [-0.15, -0.1) is 20.4 Å². The first-order valence-electron chi connectivity index (χ1n) is 11.1. The van der Waals surface area contributed by atoms with Crippen LogP contribution in [0.4, 0.5) is 19.0 Å². The molecule has 0 amide bonds. The average molecular weight is 508 g/mol. The number of aromatic nitrogens is 4. The number of para-hydroxylation sites is 1. The molecule has 1 aliphatic rings. The van der Waals surface area contributed by atoms with Crippen molar-refractivity contribution in [1.82, 2.24) is 20.4 Å². The third-order valence-corrected chi connectivity index (χ3v) is 6.86. The van der Waals surface area contributed by atoms with Crippen molar-refractivity contribution in [1.29, 1.82) is 0 Å². The van der Waals surface area contributed by atoms with Gasteiger partial charge in [0, 0.05) is 31.8 Å². The van der Waals surface area contributed by atoms with Crippen LogP contribution >= 0.6 is 11.3 Å². The maximum absolute atomic E-state index is 13.2. The van der Waals surface area contributed by atoms with E-state index in [4.69, 9.17) is 9.47 Å². The molecule has 1 unspecified atom stereocenters. The van der Waals surface area contributed by atoms with Crippen LogP contribution in [-0.4, -0.2) is 52.7 Å². The van der Waals surface area contributed by atoms with Gasteiger partial charge in [-0.2, -0.15) is 13.2 Å². The molecule has 0 aliphatic carbocycles. The quantitative estimate of drug-likeness (QED) is 0.424. The zero-order valence-electron chi connectivity index (χ0n) is 19.2.